The SMILES string of the molecule is COC(=O)[C@@H]1C[C@H](c2ccccc2O)CCN1. The van der Waals surface area contributed by atoms with Crippen LogP contribution in [0.25, 0.3) is 0 Å². The van der Waals surface area contributed by atoms with Crippen LogP contribution in [0.3, 0.4) is 0 Å². The third-order valence-corrected chi connectivity index (χ3v) is 3.27. The van der Waals surface area contributed by atoms with Crippen molar-refractivity contribution in [1.29, 1.82) is 0 Å². The number of phenolic OH excluding ortho intramolecular Hbond substituents is 1. The number of esters is 1. The molecule has 1 heterocycles. The van der Waals surface area contributed by atoms with E-state index in [9.17, 15) is 9.90 Å². The normalized spacial score (nSPS) is 24.3. The molecule has 92 valence electrons. The molecule has 17 heavy (non-hydrogen) atoms. The van der Waals surface area contributed by atoms with Gasteiger partial charge >= 0.3 is 5.97 Å². The highest BCUT2D eigenvalue weighted by Gasteiger charge is 2.29. The average molecular weight is 235 g/mol. The number of benzene rings is 1. The van der Waals surface area contributed by atoms with Crippen molar-refractivity contribution in [3.8, 4) is 5.75 Å². The first-order valence-electron chi connectivity index (χ1n) is 5.81. The number of carbonyl (C=O) groups is 1. The van der Waals surface area contributed by atoms with Gasteiger partial charge in [-0.25, -0.2) is 0 Å². The van der Waals surface area contributed by atoms with Gasteiger partial charge in [0.1, 0.15) is 11.8 Å². The van der Waals surface area contributed by atoms with Gasteiger partial charge in [-0.1, -0.05) is 18.2 Å². The molecule has 1 saturated heterocycles. The van der Waals surface area contributed by atoms with Crippen LogP contribution in [-0.4, -0.2) is 30.8 Å². The Kier molecular flexibility index (Phi) is 3.64. The molecule has 2 atom stereocenters. The van der Waals surface area contributed by atoms with E-state index in [4.69, 9.17) is 4.74 Å². The van der Waals surface area contributed by atoms with E-state index in [0.717, 1.165) is 18.5 Å². The van der Waals surface area contributed by atoms with Crippen molar-refractivity contribution >= 4 is 5.97 Å². The number of piperidine rings is 1. The minimum absolute atomic E-state index is 0.210. The van der Waals surface area contributed by atoms with Crippen molar-refractivity contribution in [2.24, 2.45) is 0 Å². The molecule has 1 fully saturated rings. The zero-order chi connectivity index (χ0) is 12.3. The number of methoxy groups -OCH3 is 1. The van der Waals surface area contributed by atoms with E-state index in [1.165, 1.54) is 7.11 Å². The number of rotatable bonds is 2. The van der Waals surface area contributed by atoms with Crippen molar-refractivity contribution in [2.75, 3.05) is 13.7 Å². The first-order valence-corrected chi connectivity index (χ1v) is 5.81. The third-order valence-electron chi connectivity index (χ3n) is 3.27. The molecular formula is C13H17NO3. The highest BCUT2D eigenvalue weighted by Crippen LogP contribution is 2.33. The van der Waals surface area contributed by atoms with Crippen LogP contribution in [0.4, 0.5) is 0 Å². The Bertz CT molecular complexity index is 405. The molecule has 0 amide bonds. The van der Waals surface area contributed by atoms with Crippen molar-refractivity contribution in [3.05, 3.63) is 29.8 Å². The predicted molar refractivity (Wildman–Crippen MR) is 63.9 cm³/mol. The van der Waals surface area contributed by atoms with Crippen LogP contribution in [0.15, 0.2) is 24.3 Å². The Morgan fingerprint density at radius 1 is 1.47 bits per heavy atom. The van der Waals surface area contributed by atoms with Gasteiger partial charge in [0.05, 0.1) is 7.11 Å². The maximum absolute atomic E-state index is 11.5. The molecule has 0 unspecified atom stereocenters. The Balaban J connectivity index is 2.12. The van der Waals surface area contributed by atoms with E-state index in [1.807, 2.05) is 12.1 Å². The summed E-state index contributed by atoms with van der Waals surface area (Å²) in [6.07, 6.45) is 1.59. The second kappa shape index (κ2) is 5.19. The summed E-state index contributed by atoms with van der Waals surface area (Å²) in [5.41, 5.74) is 0.919. The van der Waals surface area contributed by atoms with E-state index >= 15 is 0 Å². The molecule has 0 bridgehead atoms. The number of aromatic hydroxyl groups is 1. The first-order chi connectivity index (χ1) is 8.22. The van der Waals surface area contributed by atoms with Crippen LogP contribution in [0, 0.1) is 0 Å². The maximum Gasteiger partial charge on any atom is 0.322 e. The van der Waals surface area contributed by atoms with Gasteiger partial charge in [-0.15, -0.1) is 0 Å². The highest BCUT2D eigenvalue weighted by atomic mass is 16.5. The summed E-state index contributed by atoms with van der Waals surface area (Å²) in [5.74, 6) is 0.287. The summed E-state index contributed by atoms with van der Waals surface area (Å²) in [6, 6.07) is 7.05. The Labute approximate surface area is 101 Å². The number of carbonyl (C=O) groups excluding carboxylic acids is 1. The van der Waals surface area contributed by atoms with Gasteiger partial charge in [-0.2, -0.15) is 0 Å². The number of hydrogen-bond acceptors (Lipinski definition) is 4. The largest absolute Gasteiger partial charge is 0.508 e. The van der Waals surface area contributed by atoms with Crippen LogP contribution in [-0.2, 0) is 9.53 Å². The number of hydrogen-bond donors (Lipinski definition) is 2. The fraction of sp³-hybridized carbons (Fsp3) is 0.462. The molecule has 2 rings (SSSR count). The summed E-state index contributed by atoms with van der Waals surface area (Å²) in [6.45, 7) is 0.763. The fourth-order valence-electron chi connectivity index (χ4n) is 2.35. The molecule has 2 N–H and O–H groups in total. The second-order valence-electron chi connectivity index (χ2n) is 4.31. The van der Waals surface area contributed by atoms with Crippen LogP contribution in [0.2, 0.25) is 0 Å². The Morgan fingerprint density at radius 2 is 2.24 bits per heavy atom. The van der Waals surface area contributed by atoms with Crippen molar-refractivity contribution in [1.82, 2.24) is 5.32 Å². The molecule has 4 nitrogen and oxygen atoms in total. The Morgan fingerprint density at radius 3 is 2.94 bits per heavy atom. The third kappa shape index (κ3) is 2.58. The first kappa shape index (κ1) is 11.9. The molecule has 0 aliphatic carbocycles. The number of para-hydroxylation sites is 1. The van der Waals surface area contributed by atoms with Gasteiger partial charge in [0.2, 0.25) is 0 Å². The van der Waals surface area contributed by atoms with Gasteiger partial charge in [-0.3, -0.25) is 4.79 Å². The fourth-order valence-corrected chi connectivity index (χ4v) is 2.35. The molecule has 0 saturated carbocycles. The van der Waals surface area contributed by atoms with Crippen molar-refractivity contribution in [3.63, 3.8) is 0 Å². The smallest absolute Gasteiger partial charge is 0.322 e. The lowest BCUT2D eigenvalue weighted by Gasteiger charge is -2.29. The lowest BCUT2D eigenvalue weighted by molar-refractivity contribution is -0.143. The van der Waals surface area contributed by atoms with E-state index < -0.39 is 0 Å². The predicted octanol–water partition coefficient (Wildman–Crippen LogP) is 1.40. The summed E-state index contributed by atoms with van der Waals surface area (Å²) in [7, 11) is 1.40. The molecule has 1 aromatic carbocycles. The van der Waals surface area contributed by atoms with E-state index in [0.29, 0.717) is 12.2 Å². The van der Waals surface area contributed by atoms with Crippen molar-refractivity contribution < 1.29 is 14.6 Å². The molecule has 1 aliphatic heterocycles. The van der Waals surface area contributed by atoms with Crippen molar-refractivity contribution in [2.45, 2.75) is 24.8 Å². The zero-order valence-corrected chi connectivity index (χ0v) is 9.85. The molecule has 0 radical (unpaired) electrons. The number of nitrogens with one attached hydrogen (secondary N) is 1. The number of phenols is 1. The zero-order valence-electron chi connectivity index (χ0n) is 9.85. The molecule has 0 aromatic heterocycles. The molecule has 1 aliphatic rings. The van der Waals surface area contributed by atoms with Crippen LogP contribution >= 0.6 is 0 Å². The standard InChI is InChI=1S/C13H17NO3/c1-17-13(16)11-8-9(6-7-14-11)10-4-2-3-5-12(10)15/h2-5,9,11,14-15H,6-8H2,1H3/t9-,11+/m1/s1. The van der Waals surface area contributed by atoms with Crippen LogP contribution in [0.1, 0.15) is 24.3 Å². The summed E-state index contributed by atoms with van der Waals surface area (Å²) >= 11 is 0. The lowest BCUT2D eigenvalue weighted by atomic mass is 9.86. The minimum atomic E-state index is -0.265. The van der Waals surface area contributed by atoms with E-state index in [1.54, 1.807) is 12.1 Å². The molecule has 4 heteroatoms. The summed E-state index contributed by atoms with van der Waals surface area (Å²) < 4.78 is 4.74. The molecule has 0 spiro atoms. The summed E-state index contributed by atoms with van der Waals surface area (Å²) in [5, 5.41) is 12.9. The second-order valence-corrected chi connectivity index (χ2v) is 4.31. The minimum Gasteiger partial charge on any atom is -0.508 e. The highest BCUT2D eigenvalue weighted by molar-refractivity contribution is 5.75. The topological polar surface area (TPSA) is 58.6 Å². The van der Waals surface area contributed by atoms with Gasteiger partial charge in [-0.05, 0) is 36.9 Å². The van der Waals surface area contributed by atoms with Gasteiger partial charge in [0.25, 0.3) is 0 Å². The molecular weight excluding hydrogens is 218 g/mol. The van der Waals surface area contributed by atoms with Crippen LogP contribution < -0.4 is 5.32 Å². The molecule has 1 aromatic rings. The monoisotopic (exact) mass is 235 g/mol. The average Bonchev–Trinajstić information content (AvgIpc) is 2.38. The number of ether oxygens (including phenoxy) is 1. The Hall–Kier alpha value is -1.55. The van der Waals surface area contributed by atoms with Crippen LogP contribution in [0.5, 0.6) is 5.75 Å². The van der Waals surface area contributed by atoms with Gasteiger partial charge in [0.15, 0.2) is 0 Å². The van der Waals surface area contributed by atoms with Gasteiger partial charge in [0, 0.05) is 0 Å². The summed E-state index contributed by atoms with van der Waals surface area (Å²) in [4.78, 5) is 11.5. The van der Waals surface area contributed by atoms with Gasteiger partial charge < -0.3 is 15.2 Å². The van der Waals surface area contributed by atoms with E-state index in [2.05, 4.69) is 5.32 Å². The van der Waals surface area contributed by atoms with E-state index in [-0.39, 0.29) is 17.9 Å². The lowest BCUT2D eigenvalue weighted by Crippen LogP contribution is -2.43. The quantitative estimate of drug-likeness (QED) is 0.761. The maximum atomic E-state index is 11.5.